The summed E-state index contributed by atoms with van der Waals surface area (Å²) in [6.45, 7) is 5.23. The van der Waals surface area contributed by atoms with Crippen molar-refractivity contribution in [2.45, 2.75) is 26.4 Å². The second kappa shape index (κ2) is 5.24. The summed E-state index contributed by atoms with van der Waals surface area (Å²) < 4.78 is 7.16. The molecule has 0 spiro atoms. The number of ether oxygens (including phenoxy) is 1. The van der Waals surface area contributed by atoms with Crippen LogP contribution in [0, 0.1) is 0 Å². The largest absolute Gasteiger partial charge is 0.454 e. The van der Waals surface area contributed by atoms with Crippen molar-refractivity contribution in [1.29, 1.82) is 0 Å². The maximum Gasteiger partial charge on any atom is 0.376 e. The lowest BCUT2D eigenvalue weighted by Crippen LogP contribution is -2.24. The van der Waals surface area contributed by atoms with Crippen LogP contribution in [0.1, 0.15) is 31.4 Å². The number of halogens is 1. The van der Waals surface area contributed by atoms with Crippen LogP contribution in [-0.4, -0.2) is 26.3 Å². The quantitative estimate of drug-likeness (QED) is 0.851. The van der Waals surface area contributed by atoms with E-state index in [0.29, 0.717) is 5.69 Å². The SMILES string of the molecule is CC(C)(C)OC(=O)c1nn(-c2ccc(Br)cc2)c(=O)[nH]1. The summed E-state index contributed by atoms with van der Waals surface area (Å²) in [7, 11) is 0. The maximum atomic E-state index is 11.8. The van der Waals surface area contributed by atoms with Gasteiger partial charge in [0.05, 0.1) is 5.69 Å². The lowest BCUT2D eigenvalue weighted by molar-refractivity contribution is 0.00557. The van der Waals surface area contributed by atoms with Gasteiger partial charge in [-0.2, -0.15) is 4.68 Å². The van der Waals surface area contributed by atoms with E-state index in [1.807, 2.05) is 0 Å². The van der Waals surface area contributed by atoms with Crippen molar-refractivity contribution in [3.63, 3.8) is 0 Å². The molecule has 2 aromatic rings. The van der Waals surface area contributed by atoms with Gasteiger partial charge in [-0.05, 0) is 45.0 Å². The third kappa shape index (κ3) is 3.36. The first-order valence-corrected chi connectivity index (χ1v) is 6.74. The average molecular weight is 340 g/mol. The molecule has 0 bridgehead atoms. The molecule has 2 rings (SSSR count). The van der Waals surface area contributed by atoms with Crippen LogP contribution in [0.4, 0.5) is 0 Å². The zero-order valence-electron chi connectivity index (χ0n) is 11.3. The minimum absolute atomic E-state index is 0.118. The Bertz CT molecular complexity index is 680. The first-order chi connectivity index (χ1) is 9.26. The first-order valence-electron chi connectivity index (χ1n) is 5.95. The number of nitrogens with zero attached hydrogens (tertiary/aromatic N) is 2. The number of hydrogen-bond acceptors (Lipinski definition) is 4. The Morgan fingerprint density at radius 3 is 2.45 bits per heavy atom. The van der Waals surface area contributed by atoms with Crippen molar-refractivity contribution in [3.8, 4) is 5.69 Å². The minimum Gasteiger partial charge on any atom is -0.454 e. The summed E-state index contributed by atoms with van der Waals surface area (Å²) in [6.07, 6.45) is 0. The molecular formula is C13H14BrN3O3. The Labute approximate surface area is 123 Å². The molecule has 0 radical (unpaired) electrons. The Balaban J connectivity index is 2.33. The fourth-order valence-electron chi connectivity index (χ4n) is 1.50. The van der Waals surface area contributed by atoms with Gasteiger partial charge in [-0.1, -0.05) is 15.9 Å². The molecule has 1 aromatic heterocycles. The predicted molar refractivity (Wildman–Crippen MR) is 77.1 cm³/mol. The Kier molecular flexibility index (Phi) is 3.80. The van der Waals surface area contributed by atoms with Crippen LogP contribution in [0.25, 0.3) is 5.69 Å². The molecule has 6 nitrogen and oxygen atoms in total. The van der Waals surface area contributed by atoms with Crippen LogP contribution in [0.3, 0.4) is 0 Å². The third-order valence-electron chi connectivity index (χ3n) is 2.28. The lowest BCUT2D eigenvalue weighted by atomic mass is 10.2. The van der Waals surface area contributed by atoms with Gasteiger partial charge in [0.1, 0.15) is 5.60 Å². The Hall–Kier alpha value is -1.89. The van der Waals surface area contributed by atoms with Gasteiger partial charge >= 0.3 is 11.7 Å². The summed E-state index contributed by atoms with van der Waals surface area (Å²) >= 11 is 3.31. The number of rotatable bonds is 2. The van der Waals surface area contributed by atoms with Crippen molar-refractivity contribution in [1.82, 2.24) is 14.8 Å². The molecule has 7 heteroatoms. The third-order valence-corrected chi connectivity index (χ3v) is 2.81. The summed E-state index contributed by atoms with van der Waals surface area (Å²) in [5.41, 5.74) is -0.576. The molecule has 106 valence electrons. The maximum absolute atomic E-state index is 11.8. The van der Waals surface area contributed by atoms with E-state index >= 15 is 0 Å². The van der Waals surface area contributed by atoms with E-state index in [1.165, 1.54) is 0 Å². The van der Waals surface area contributed by atoms with Crippen molar-refractivity contribution in [2.75, 3.05) is 0 Å². The van der Waals surface area contributed by atoms with Gasteiger partial charge in [0, 0.05) is 4.47 Å². The second-order valence-electron chi connectivity index (χ2n) is 5.17. The molecule has 0 aliphatic carbocycles. The van der Waals surface area contributed by atoms with Crippen molar-refractivity contribution in [2.24, 2.45) is 0 Å². The van der Waals surface area contributed by atoms with E-state index in [0.717, 1.165) is 9.15 Å². The van der Waals surface area contributed by atoms with Gasteiger partial charge in [0.25, 0.3) is 0 Å². The highest BCUT2D eigenvalue weighted by atomic mass is 79.9. The van der Waals surface area contributed by atoms with Crippen LogP contribution < -0.4 is 5.69 Å². The number of nitrogens with one attached hydrogen (secondary N) is 1. The molecular weight excluding hydrogens is 326 g/mol. The van der Waals surface area contributed by atoms with E-state index in [2.05, 4.69) is 26.0 Å². The van der Waals surface area contributed by atoms with E-state index in [4.69, 9.17) is 4.74 Å². The number of aromatic nitrogens is 3. The highest BCUT2D eigenvalue weighted by molar-refractivity contribution is 9.10. The predicted octanol–water partition coefficient (Wildman–Crippen LogP) is 2.28. The molecule has 0 aliphatic heterocycles. The highest BCUT2D eigenvalue weighted by Crippen LogP contribution is 2.13. The average Bonchev–Trinajstić information content (AvgIpc) is 2.70. The summed E-state index contributed by atoms with van der Waals surface area (Å²) in [4.78, 5) is 26.0. The van der Waals surface area contributed by atoms with Crippen molar-refractivity contribution < 1.29 is 9.53 Å². The molecule has 0 fully saturated rings. The number of benzene rings is 1. The smallest absolute Gasteiger partial charge is 0.376 e. The summed E-state index contributed by atoms with van der Waals surface area (Å²) in [6, 6.07) is 6.99. The van der Waals surface area contributed by atoms with E-state index in [-0.39, 0.29) is 5.82 Å². The standard InChI is InChI=1S/C13H14BrN3O3/c1-13(2,3)20-11(18)10-15-12(19)17(16-10)9-6-4-8(14)5-7-9/h4-7H,1-3H3,(H,15,16,19). The second-order valence-corrected chi connectivity index (χ2v) is 6.08. The zero-order valence-corrected chi connectivity index (χ0v) is 12.9. The topological polar surface area (TPSA) is 77.0 Å². The van der Waals surface area contributed by atoms with Crippen LogP contribution in [-0.2, 0) is 4.74 Å². The Morgan fingerprint density at radius 2 is 1.90 bits per heavy atom. The van der Waals surface area contributed by atoms with Crippen LogP contribution in [0.2, 0.25) is 0 Å². The van der Waals surface area contributed by atoms with Crippen molar-refractivity contribution >= 4 is 21.9 Å². The molecule has 1 aromatic carbocycles. The van der Waals surface area contributed by atoms with Crippen LogP contribution in [0.5, 0.6) is 0 Å². The number of carbonyl (C=O) groups is 1. The molecule has 20 heavy (non-hydrogen) atoms. The monoisotopic (exact) mass is 339 g/mol. The number of esters is 1. The molecule has 0 aliphatic rings. The molecule has 1 N–H and O–H groups in total. The number of H-pyrrole nitrogens is 1. The summed E-state index contributed by atoms with van der Waals surface area (Å²) in [5, 5.41) is 3.95. The summed E-state index contributed by atoms with van der Waals surface area (Å²) in [5.74, 6) is -0.779. The molecule has 1 heterocycles. The normalized spacial score (nSPS) is 11.4. The molecule has 0 saturated heterocycles. The molecule has 0 unspecified atom stereocenters. The molecule has 0 saturated carbocycles. The van der Waals surface area contributed by atoms with E-state index < -0.39 is 17.3 Å². The van der Waals surface area contributed by atoms with E-state index in [1.54, 1.807) is 45.0 Å². The van der Waals surface area contributed by atoms with Gasteiger partial charge in [0.2, 0.25) is 5.82 Å². The molecule has 0 amide bonds. The minimum atomic E-state index is -0.662. The lowest BCUT2D eigenvalue weighted by Gasteiger charge is -2.18. The fourth-order valence-corrected chi connectivity index (χ4v) is 1.76. The Morgan fingerprint density at radius 1 is 1.30 bits per heavy atom. The van der Waals surface area contributed by atoms with Crippen LogP contribution in [0.15, 0.2) is 33.5 Å². The van der Waals surface area contributed by atoms with E-state index in [9.17, 15) is 9.59 Å². The van der Waals surface area contributed by atoms with Crippen molar-refractivity contribution in [3.05, 3.63) is 45.0 Å². The number of aromatic amines is 1. The van der Waals surface area contributed by atoms with Gasteiger partial charge in [0.15, 0.2) is 0 Å². The number of carbonyl (C=O) groups excluding carboxylic acids is 1. The van der Waals surface area contributed by atoms with Gasteiger partial charge in [-0.3, -0.25) is 4.98 Å². The van der Waals surface area contributed by atoms with Gasteiger partial charge in [-0.15, -0.1) is 5.10 Å². The first kappa shape index (κ1) is 14.5. The van der Waals surface area contributed by atoms with Crippen LogP contribution >= 0.6 is 15.9 Å². The highest BCUT2D eigenvalue weighted by Gasteiger charge is 2.21. The fraction of sp³-hybridized carbons (Fsp3) is 0.308. The zero-order chi connectivity index (χ0) is 14.9. The number of hydrogen-bond donors (Lipinski definition) is 1. The molecule has 0 atom stereocenters. The van der Waals surface area contributed by atoms with Gasteiger partial charge in [-0.25, -0.2) is 9.59 Å². The van der Waals surface area contributed by atoms with Gasteiger partial charge < -0.3 is 4.74 Å².